The summed E-state index contributed by atoms with van der Waals surface area (Å²) in [7, 11) is -3.26. The van der Waals surface area contributed by atoms with Gasteiger partial charge in [-0.3, -0.25) is 4.79 Å². The van der Waals surface area contributed by atoms with E-state index in [-0.39, 0.29) is 17.9 Å². The van der Waals surface area contributed by atoms with Crippen LogP contribution in [0.15, 0.2) is 24.3 Å². The Hall–Kier alpha value is -1.91. The lowest BCUT2D eigenvalue weighted by molar-refractivity contribution is 0.0588. The largest absolute Gasteiger partial charge is 0.334 e. The summed E-state index contributed by atoms with van der Waals surface area (Å²) in [4.78, 5) is 14.6. The Labute approximate surface area is 136 Å². The molecule has 2 atom stereocenters. The second-order valence-corrected chi connectivity index (χ2v) is 8.27. The van der Waals surface area contributed by atoms with Crippen LogP contribution in [0.25, 0.3) is 0 Å². The van der Waals surface area contributed by atoms with Crippen molar-refractivity contribution >= 4 is 15.9 Å². The predicted molar refractivity (Wildman–Crippen MR) is 85.1 cm³/mol. The summed E-state index contributed by atoms with van der Waals surface area (Å²) >= 11 is 0. The average Bonchev–Trinajstić information content (AvgIpc) is 2.86. The molecular formula is C16H19N3O3S. The lowest BCUT2D eigenvalue weighted by atomic mass is 9.94. The van der Waals surface area contributed by atoms with E-state index in [0.29, 0.717) is 30.8 Å². The standard InChI is InChI=1S/C16H19N3O3S/c1-23(21,22)18-9-12-6-7-14(11-18)19(10-12)16(20)15-5-3-2-4-13(15)8-17/h2-5,12,14H,6-7,9-11H2,1H3/t12-,14+/m1/s1. The van der Waals surface area contributed by atoms with Crippen LogP contribution in [-0.2, 0) is 10.0 Å². The normalized spacial score (nSPS) is 25.0. The average molecular weight is 333 g/mol. The fourth-order valence-corrected chi connectivity index (χ4v) is 4.40. The van der Waals surface area contributed by atoms with E-state index in [1.807, 2.05) is 0 Å². The molecule has 3 aliphatic rings. The Morgan fingerprint density at radius 1 is 1.22 bits per heavy atom. The molecule has 0 aliphatic carbocycles. The van der Waals surface area contributed by atoms with Gasteiger partial charge in [-0.1, -0.05) is 12.1 Å². The minimum Gasteiger partial charge on any atom is -0.334 e. The van der Waals surface area contributed by atoms with Crippen LogP contribution >= 0.6 is 0 Å². The van der Waals surface area contributed by atoms with E-state index >= 15 is 0 Å². The maximum atomic E-state index is 12.9. The first-order valence-corrected chi connectivity index (χ1v) is 9.50. The van der Waals surface area contributed by atoms with E-state index in [0.717, 1.165) is 12.8 Å². The number of hydrogen-bond acceptors (Lipinski definition) is 4. The van der Waals surface area contributed by atoms with Gasteiger partial charge in [0.15, 0.2) is 0 Å². The number of benzene rings is 1. The van der Waals surface area contributed by atoms with Gasteiger partial charge in [-0.25, -0.2) is 8.42 Å². The lowest BCUT2D eigenvalue weighted by Gasteiger charge is -2.36. The van der Waals surface area contributed by atoms with Gasteiger partial charge in [0.05, 0.1) is 23.5 Å². The molecule has 0 N–H and O–H groups in total. The van der Waals surface area contributed by atoms with Gasteiger partial charge < -0.3 is 4.90 Å². The van der Waals surface area contributed by atoms with Gasteiger partial charge in [0, 0.05) is 25.7 Å². The first-order chi connectivity index (χ1) is 10.9. The first-order valence-electron chi connectivity index (χ1n) is 7.65. The van der Waals surface area contributed by atoms with Crippen molar-refractivity contribution in [3.05, 3.63) is 35.4 Å². The minimum atomic E-state index is -3.26. The molecule has 3 aliphatic heterocycles. The van der Waals surface area contributed by atoms with Crippen molar-refractivity contribution in [1.82, 2.24) is 9.21 Å². The third kappa shape index (κ3) is 3.09. The van der Waals surface area contributed by atoms with E-state index in [2.05, 4.69) is 6.07 Å². The van der Waals surface area contributed by atoms with Gasteiger partial charge in [-0.05, 0) is 30.9 Å². The number of carbonyl (C=O) groups excluding carboxylic acids is 1. The van der Waals surface area contributed by atoms with Crippen molar-refractivity contribution in [3.8, 4) is 6.07 Å². The zero-order chi connectivity index (χ0) is 16.6. The van der Waals surface area contributed by atoms with Crippen LogP contribution in [0.2, 0.25) is 0 Å². The summed E-state index contributed by atoms with van der Waals surface area (Å²) in [6, 6.07) is 8.70. The summed E-state index contributed by atoms with van der Waals surface area (Å²) in [6.07, 6.45) is 2.95. The Bertz CT molecular complexity index is 769. The molecule has 0 spiro atoms. The Morgan fingerprint density at radius 2 is 1.96 bits per heavy atom. The SMILES string of the molecule is CS(=O)(=O)N1C[C@H]2CC[C@@H](C1)N(C(=O)c1ccccc1C#N)C2. The monoisotopic (exact) mass is 333 g/mol. The van der Waals surface area contributed by atoms with Crippen LogP contribution in [0.4, 0.5) is 0 Å². The number of nitrogens with zero attached hydrogens (tertiary/aromatic N) is 3. The number of piperidine rings is 1. The van der Waals surface area contributed by atoms with Crippen molar-refractivity contribution in [3.63, 3.8) is 0 Å². The van der Waals surface area contributed by atoms with Gasteiger partial charge in [-0.2, -0.15) is 9.57 Å². The molecule has 4 rings (SSSR count). The Balaban J connectivity index is 1.90. The smallest absolute Gasteiger partial charge is 0.255 e. The van der Waals surface area contributed by atoms with Gasteiger partial charge in [0.1, 0.15) is 0 Å². The molecule has 122 valence electrons. The van der Waals surface area contributed by atoms with E-state index < -0.39 is 10.0 Å². The highest BCUT2D eigenvalue weighted by atomic mass is 32.2. The topological polar surface area (TPSA) is 81.5 Å². The molecule has 6 nitrogen and oxygen atoms in total. The number of carbonyl (C=O) groups is 1. The van der Waals surface area contributed by atoms with Crippen molar-refractivity contribution in [2.24, 2.45) is 5.92 Å². The zero-order valence-electron chi connectivity index (χ0n) is 13.0. The molecule has 0 saturated carbocycles. The predicted octanol–water partition coefficient (Wildman–Crippen LogP) is 1.05. The summed E-state index contributed by atoms with van der Waals surface area (Å²) < 4.78 is 25.3. The highest BCUT2D eigenvalue weighted by Gasteiger charge is 2.40. The number of amides is 1. The molecule has 1 aromatic rings. The van der Waals surface area contributed by atoms with Crippen molar-refractivity contribution < 1.29 is 13.2 Å². The number of hydrogen-bond donors (Lipinski definition) is 0. The lowest BCUT2D eigenvalue weighted by Crippen LogP contribution is -2.47. The second-order valence-electron chi connectivity index (χ2n) is 6.29. The molecule has 3 saturated heterocycles. The Morgan fingerprint density at radius 3 is 2.65 bits per heavy atom. The highest BCUT2D eigenvalue weighted by Crippen LogP contribution is 2.30. The summed E-state index contributed by atoms with van der Waals surface area (Å²) in [6.45, 7) is 1.37. The number of nitriles is 1. The zero-order valence-corrected chi connectivity index (χ0v) is 13.8. The number of fused-ring (bicyclic) bond motifs is 4. The molecule has 1 amide bonds. The third-order valence-electron chi connectivity index (χ3n) is 4.69. The third-order valence-corrected chi connectivity index (χ3v) is 5.92. The summed E-state index contributed by atoms with van der Waals surface area (Å²) in [5, 5.41) is 9.19. The minimum absolute atomic E-state index is 0.122. The summed E-state index contributed by atoms with van der Waals surface area (Å²) in [5.74, 6) is -0.0196. The molecule has 7 heteroatoms. The van der Waals surface area contributed by atoms with Gasteiger partial charge in [0.25, 0.3) is 5.91 Å². The first kappa shape index (κ1) is 16.0. The molecule has 1 aromatic carbocycles. The van der Waals surface area contributed by atoms with Gasteiger partial charge >= 0.3 is 0 Å². The van der Waals surface area contributed by atoms with Crippen LogP contribution in [0, 0.1) is 17.2 Å². The van der Waals surface area contributed by atoms with Crippen molar-refractivity contribution in [2.75, 3.05) is 25.9 Å². The Kier molecular flexibility index (Phi) is 4.13. The fourth-order valence-electron chi connectivity index (χ4n) is 3.48. The van der Waals surface area contributed by atoms with Gasteiger partial charge in [0.2, 0.25) is 10.0 Å². The van der Waals surface area contributed by atoms with E-state index in [9.17, 15) is 18.5 Å². The van der Waals surface area contributed by atoms with Crippen LogP contribution in [-0.4, -0.2) is 55.5 Å². The van der Waals surface area contributed by atoms with Crippen LogP contribution in [0.1, 0.15) is 28.8 Å². The van der Waals surface area contributed by atoms with Crippen LogP contribution in [0.3, 0.4) is 0 Å². The van der Waals surface area contributed by atoms with Crippen LogP contribution in [0.5, 0.6) is 0 Å². The van der Waals surface area contributed by atoms with Crippen LogP contribution < -0.4 is 0 Å². The van der Waals surface area contributed by atoms with Crippen molar-refractivity contribution in [1.29, 1.82) is 5.26 Å². The molecule has 2 bridgehead atoms. The molecule has 0 radical (unpaired) electrons. The number of sulfonamides is 1. The molecular weight excluding hydrogens is 314 g/mol. The molecule has 0 unspecified atom stereocenters. The second kappa shape index (κ2) is 5.95. The van der Waals surface area contributed by atoms with E-state index in [4.69, 9.17) is 0 Å². The fraction of sp³-hybridized carbons (Fsp3) is 0.500. The number of rotatable bonds is 2. The van der Waals surface area contributed by atoms with E-state index in [1.54, 1.807) is 29.2 Å². The molecule has 23 heavy (non-hydrogen) atoms. The van der Waals surface area contributed by atoms with Gasteiger partial charge in [-0.15, -0.1) is 0 Å². The quantitative estimate of drug-likeness (QED) is 0.810. The summed E-state index contributed by atoms with van der Waals surface area (Å²) in [5.41, 5.74) is 0.756. The van der Waals surface area contributed by atoms with E-state index in [1.165, 1.54) is 10.6 Å². The maximum absolute atomic E-state index is 12.9. The molecule has 3 heterocycles. The van der Waals surface area contributed by atoms with Crippen molar-refractivity contribution in [2.45, 2.75) is 18.9 Å². The maximum Gasteiger partial charge on any atom is 0.255 e. The molecule has 0 aromatic heterocycles. The molecule has 3 fully saturated rings. The highest BCUT2D eigenvalue weighted by molar-refractivity contribution is 7.88.